The smallest absolute Gasteiger partial charge is 0.152 e. The zero-order valence-corrected chi connectivity index (χ0v) is 7.01. The van der Waals surface area contributed by atoms with Gasteiger partial charge >= 0.3 is 0 Å². The fourth-order valence-corrected chi connectivity index (χ4v) is 1.19. The highest BCUT2D eigenvalue weighted by Crippen LogP contribution is 2.12. The summed E-state index contributed by atoms with van der Waals surface area (Å²) in [7, 11) is 0. The van der Waals surface area contributed by atoms with E-state index < -0.39 is 0 Å². The van der Waals surface area contributed by atoms with Crippen LogP contribution in [0.25, 0.3) is 0 Å². The summed E-state index contributed by atoms with van der Waals surface area (Å²) in [5, 5.41) is 2.87. The predicted octanol–water partition coefficient (Wildman–Crippen LogP) is -0.185. The Bertz CT molecular complexity index is 189. The van der Waals surface area contributed by atoms with Crippen molar-refractivity contribution in [3.63, 3.8) is 0 Å². The lowest BCUT2D eigenvalue weighted by molar-refractivity contribution is -0.121. The van der Waals surface area contributed by atoms with Crippen LogP contribution in [0.15, 0.2) is 0 Å². The number of nitrogens with one attached hydrogen (secondary N) is 1. The minimum Gasteiger partial charge on any atom is -0.381 e. The molecule has 3 heteroatoms. The maximum absolute atomic E-state index is 11.3. The van der Waals surface area contributed by atoms with Crippen molar-refractivity contribution in [2.45, 2.75) is 6.42 Å². The molecule has 1 unspecified atom stereocenters. The van der Waals surface area contributed by atoms with Crippen LogP contribution in [0.2, 0.25) is 0 Å². The van der Waals surface area contributed by atoms with E-state index >= 15 is 0 Å². The van der Waals surface area contributed by atoms with Crippen molar-refractivity contribution in [1.82, 2.24) is 5.32 Å². The first kappa shape index (κ1) is 9.24. The lowest BCUT2D eigenvalue weighted by Gasteiger charge is -2.05. The summed E-state index contributed by atoms with van der Waals surface area (Å²) in [6.45, 7) is 2.12. The predicted molar refractivity (Wildman–Crippen MR) is 45.6 cm³/mol. The third kappa shape index (κ3) is 2.65. The molecule has 3 nitrogen and oxygen atoms in total. The second-order valence-electron chi connectivity index (χ2n) is 2.83. The van der Waals surface area contributed by atoms with E-state index in [0.717, 1.165) is 6.42 Å². The van der Waals surface area contributed by atoms with E-state index in [-0.39, 0.29) is 11.7 Å². The molecule has 66 valence electrons. The monoisotopic (exact) mass is 167 g/mol. The molecule has 12 heavy (non-hydrogen) atoms. The number of hydrogen-bond donors (Lipinski definition) is 1. The van der Waals surface area contributed by atoms with Crippen LogP contribution in [-0.2, 0) is 9.53 Å². The van der Waals surface area contributed by atoms with Gasteiger partial charge in [-0.3, -0.25) is 10.1 Å². The van der Waals surface area contributed by atoms with E-state index in [1.54, 1.807) is 0 Å². The summed E-state index contributed by atoms with van der Waals surface area (Å²) in [6, 6.07) is 0. The highest BCUT2D eigenvalue weighted by molar-refractivity contribution is 5.83. The number of carbonyl (C=O) groups is 1. The van der Waals surface area contributed by atoms with Crippen LogP contribution in [0.4, 0.5) is 0 Å². The normalized spacial score (nSPS) is 22.1. The van der Waals surface area contributed by atoms with Gasteiger partial charge in [-0.1, -0.05) is 5.92 Å². The Morgan fingerprint density at radius 2 is 2.58 bits per heavy atom. The molecule has 0 aromatic rings. The number of ketones is 1. The Labute approximate surface area is 72.5 Å². The van der Waals surface area contributed by atoms with E-state index in [2.05, 4.69) is 11.2 Å². The lowest BCUT2D eigenvalue weighted by Crippen LogP contribution is -2.28. The van der Waals surface area contributed by atoms with Crippen LogP contribution in [0.1, 0.15) is 6.42 Å². The van der Waals surface area contributed by atoms with Crippen molar-refractivity contribution in [3.8, 4) is 12.3 Å². The van der Waals surface area contributed by atoms with Crippen molar-refractivity contribution >= 4 is 5.78 Å². The summed E-state index contributed by atoms with van der Waals surface area (Å²) >= 11 is 0. The number of ether oxygens (including phenoxy) is 1. The first-order valence-electron chi connectivity index (χ1n) is 4.09. The molecule has 1 atom stereocenters. The Kier molecular flexibility index (Phi) is 3.78. The summed E-state index contributed by atoms with van der Waals surface area (Å²) in [5.74, 6) is 2.72. The number of terminal acetylenes is 1. The van der Waals surface area contributed by atoms with Crippen molar-refractivity contribution in [2.24, 2.45) is 5.92 Å². The molecule has 1 aliphatic rings. The van der Waals surface area contributed by atoms with Crippen molar-refractivity contribution in [3.05, 3.63) is 0 Å². The topological polar surface area (TPSA) is 38.3 Å². The number of hydrogen-bond acceptors (Lipinski definition) is 3. The second kappa shape index (κ2) is 4.91. The molecule has 0 spiro atoms. The van der Waals surface area contributed by atoms with Crippen LogP contribution in [0.5, 0.6) is 0 Å². The molecule has 1 N–H and O–H groups in total. The molecular formula is C9H13NO2. The van der Waals surface area contributed by atoms with E-state index in [0.29, 0.717) is 26.3 Å². The second-order valence-corrected chi connectivity index (χ2v) is 2.83. The Morgan fingerprint density at radius 1 is 1.75 bits per heavy atom. The zero-order valence-electron chi connectivity index (χ0n) is 7.01. The fourth-order valence-electron chi connectivity index (χ4n) is 1.19. The SMILES string of the molecule is C#CCNCC(=O)C1CCOC1. The first-order chi connectivity index (χ1) is 5.84. The molecule has 1 saturated heterocycles. The van der Waals surface area contributed by atoms with Gasteiger partial charge in [-0.25, -0.2) is 0 Å². The van der Waals surface area contributed by atoms with Gasteiger partial charge in [0.25, 0.3) is 0 Å². The van der Waals surface area contributed by atoms with Gasteiger partial charge in [-0.05, 0) is 6.42 Å². The number of rotatable bonds is 4. The minimum atomic E-state index is 0.0928. The molecule has 0 bridgehead atoms. The molecule has 0 saturated carbocycles. The van der Waals surface area contributed by atoms with Gasteiger partial charge in [-0.2, -0.15) is 0 Å². The molecule has 1 heterocycles. The molecule has 0 aromatic heterocycles. The Morgan fingerprint density at radius 3 is 3.17 bits per heavy atom. The standard InChI is InChI=1S/C9H13NO2/c1-2-4-10-6-9(11)8-3-5-12-7-8/h1,8,10H,3-7H2. The maximum atomic E-state index is 11.3. The van der Waals surface area contributed by atoms with Gasteiger partial charge in [-0.15, -0.1) is 6.42 Å². The van der Waals surface area contributed by atoms with Crippen LogP contribution in [0, 0.1) is 18.3 Å². The van der Waals surface area contributed by atoms with E-state index in [4.69, 9.17) is 11.2 Å². The summed E-state index contributed by atoms with van der Waals surface area (Å²) in [5.41, 5.74) is 0. The van der Waals surface area contributed by atoms with E-state index in [1.807, 2.05) is 0 Å². The number of Topliss-reactive ketones (excluding diaryl/α,β-unsaturated/α-hetero) is 1. The molecule has 1 aliphatic heterocycles. The number of carbonyl (C=O) groups excluding carboxylic acids is 1. The van der Waals surface area contributed by atoms with Crippen molar-refractivity contribution in [2.75, 3.05) is 26.3 Å². The third-order valence-corrected chi connectivity index (χ3v) is 1.91. The minimum absolute atomic E-state index is 0.0928. The molecule has 0 amide bonds. The van der Waals surface area contributed by atoms with Gasteiger partial charge in [0.2, 0.25) is 0 Å². The van der Waals surface area contributed by atoms with Crippen LogP contribution < -0.4 is 5.32 Å². The summed E-state index contributed by atoms with van der Waals surface area (Å²) in [6.07, 6.45) is 5.88. The average Bonchev–Trinajstić information content (AvgIpc) is 2.56. The van der Waals surface area contributed by atoms with Gasteiger partial charge in [0.15, 0.2) is 5.78 Å². The quantitative estimate of drug-likeness (QED) is 0.466. The zero-order chi connectivity index (χ0) is 8.81. The van der Waals surface area contributed by atoms with Gasteiger partial charge < -0.3 is 4.74 Å². The summed E-state index contributed by atoms with van der Waals surface area (Å²) in [4.78, 5) is 11.3. The fraction of sp³-hybridized carbons (Fsp3) is 0.667. The van der Waals surface area contributed by atoms with Crippen LogP contribution >= 0.6 is 0 Å². The molecule has 0 aromatic carbocycles. The van der Waals surface area contributed by atoms with Gasteiger partial charge in [0, 0.05) is 12.5 Å². The third-order valence-electron chi connectivity index (χ3n) is 1.91. The van der Waals surface area contributed by atoms with E-state index in [1.165, 1.54) is 0 Å². The van der Waals surface area contributed by atoms with Gasteiger partial charge in [0.05, 0.1) is 19.7 Å². The molecular weight excluding hydrogens is 154 g/mol. The summed E-state index contributed by atoms with van der Waals surface area (Å²) < 4.78 is 5.10. The lowest BCUT2D eigenvalue weighted by atomic mass is 10.0. The highest BCUT2D eigenvalue weighted by atomic mass is 16.5. The Balaban J connectivity index is 2.15. The molecule has 0 radical (unpaired) electrons. The van der Waals surface area contributed by atoms with E-state index in [9.17, 15) is 4.79 Å². The van der Waals surface area contributed by atoms with Crippen molar-refractivity contribution in [1.29, 1.82) is 0 Å². The highest BCUT2D eigenvalue weighted by Gasteiger charge is 2.22. The van der Waals surface area contributed by atoms with Crippen LogP contribution in [0.3, 0.4) is 0 Å². The van der Waals surface area contributed by atoms with Gasteiger partial charge in [0.1, 0.15) is 0 Å². The Hall–Kier alpha value is -0.850. The average molecular weight is 167 g/mol. The first-order valence-corrected chi connectivity index (χ1v) is 4.09. The van der Waals surface area contributed by atoms with Crippen LogP contribution in [-0.4, -0.2) is 32.1 Å². The maximum Gasteiger partial charge on any atom is 0.152 e. The molecule has 1 rings (SSSR count). The molecule has 0 aliphatic carbocycles. The van der Waals surface area contributed by atoms with Crippen molar-refractivity contribution < 1.29 is 9.53 Å². The molecule has 1 fully saturated rings. The largest absolute Gasteiger partial charge is 0.381 e.